The standard InChI is InChI=1S/C20H32N2O3/c1-5-6-18-17-8-7-15(14-21-10-12-23)13-16(17)9-11-22(18)19(24)25-20(2,3)4/h7-8,13,18,21,23H,5-6,9-12,14H2,1-4H3. The van der Waals surface area contributed by atoms with Crippen LogP contribution in [-0.4, -0.2) is 41.4 Å². The second-order valence-corrected chi connectivity index (χ2v) is 7.66. The maximum absolute atomic E-state index is 12.6. The number of rotatable bonds is 6. The van der Waals surface area contributed by atoms with Crippen molar-refractivity contribution in [1.29, 1.82) is 0 Å². The van der Waals surface area contributed by atoms with Gasteiger partial charge in [0.2, 0.25) is 0 Å². The summed E-state index contributed by atoms with van der Waals surface area (Å²) in [7, 11) is 0. The van der Waals surface area contributed by atoms with Crippen LogP contribution in [0.1, 0.15) is 63.3 Å². The molecule has 0 aliphatic carbocycles. The zero-order valence-electron chi connectivity index (χ0n) is 16.0. The summed E-state index contributed by atoms with van der Waals surface area (Å²) < 4.78 is 5.61. The minimum atomic E-state index is -0.476. The van der Waals surface area contributed by atoms with Gasteiger partial charge in [-0.15, -0.1) is 0 Å². The van der Waals surface area contributed by atoms with Gasteiger partial charge in [-0.05, 0) is 50.3 Å². The first-order valence-corrected chi connectivity index (χ1v) is 9.28. The van der Waals surface area contributed by atoms with Crippen LogP contribution in [0.25, 0.3) is 0 Å². The molecule has 0 saturated heterocycles. The summed E-state index contributed by atoms with van der Waals surface area (Å²) in [4.78, 5) is 14.5. The number of hydrogen-bond acceptors (Lipinski definition) is 4. The molecule has 140 valence electrons. The van der Waals surface area contributed by atoms with Gasteiger partial charge in [-0.3, -0.25) is 0 Å². The molecular weight excluding hydrogens is 316 g/mol. The Morgan fingerprint density at radius 1 is 1.40 bits per heavy atom. The molecule has 1 atom stereocenters. The Labute approximate surface area is 151 Å². The maximum Gasteiger partial charge on any atom is 0.410 e. The van der Waals surface area contributed by atoms with E-state index < -0.39 is 5.60 Å². The number of aliphatic hydroxyl groups excluding tert-OH is 1. The Morgan fingerprint density at radius 2 is 2.16 bits per heavy atom. The van der Waals surface area contributed by atoms with Crippen molar-refractivity contribution in [3.05, 3.63) is 34.9 Å². The van der Waals surface area contributed by atoms with Crippen molar-refractivity contribution in [2.75, 3.05) is 19.7 Å². The van der Waals surface area contributed by atoms with Gasteiger partial charge in [0.25, 0.3) is 0 Å². The molecule has 1 unspecified atom stereocenters. The van der Waals surface area contributed by atoms with Crippen LogP contribution >= 0.6 is 0 Å². The van der Waals surface area contributed by atoms with Crippen molar-refractivity contribution >= 4 is 6.09 Å². The van der Waals surface area contributed by atoms with Gasteiger partial charge >= 0.3 is 6.09 Å². The monoisotopic (exact) mass is 348 g/mol. The lowest BCUT2D eigenvalue weighted by Crippen LogP contribution is -2.43. The van der Waals surface area contributed by atoms with E-state index in [1.807, 2.05) is 25.7 Å². The third-order valence-electron chi connectivity index (χ3n) is 4.37. The number of ether oxygens (including phenoxy) is 1. The largest absolute Gasteiger partial charge is 0.444 e. The highest BCUT2D eigenvalue weighted by molar-refractivity contribution is 5.69. The van der Waals surface area contributed by atoms with Crippen LogP contribution in [0.2, 0.25) is 0 Å². The number of fused-ring (bicyclic) bond motifs is 1. The van der Waals surface area contributed by atoms with Crippen LogP contribution in [0, 0.1) is 0 Å². The van der Waals surface area contributed by atoms with Crippen molar-refractivity contribution in [2.45, 2.75) is 65.1 Å². The van der Waals surface area contributed by atoms with Gasteiger partial charge in [0.15, 0.2) is 0 Å². The summed E-state index contributed by atoms with van der Waals surface area (Å²) in [5, 5.41) is 12.1. The first kappa shape index (κ1) is 19.7. The summed E-state index contributed by atoms with van der Waals surface area (Å²) in [6.45, 7) is 10.1. The molecule has 1 aromatic carbocycles. The maximum atomic E-state index is 12.6. The molecule has 0 bridgehead atoms. The molecule has 1 amide bonds. The fraction of sp³-hybridized carbons (Fsp3) is 0.650. The van der Waals surface area contributed by atoms with E-state index in [1.165, 1.54) is 16.7 Å². The predicted octanol–water partition coefficient (Wildman–Crippen LogP) is 3.40. The number of carbonyl (C=O) groups is 1. The molecule has 0 spiro atoms. The third kappa shape index (κ3) is 5.44. The summed E-state index contributed by atoms with van der Waals surface area (Å²) in [6.07, 6.45) is 2.59. The summed E-state index contributed by atoms with van der Waals surface area (Å²) in [6, 6.07) is 6.59. The molecule has 0 fully saturated rings. The minimum Gasteiger partial charge on any atom is -0.444 e. The van der Waals surface area contributed by atoms with Gasteiger partial charge in [0, 0.05) is 19.6 Å². The Kier molecular flexibility index (Phi) is 6.85. The van der Waals surface area contributed by atoms with E-state index in [-0.39, 0.29) is 18.7 Å². The average Bonchev–Trinajstić information content (AvgIpc) is 2.53. The Bertz CT molecular complexity index is 581. The van der Waals surface area contributed by atoms with Crippen molar-refractivity contribution in [3.8, 4) is 0 Å². The van der Waals surface area contributed by atoms with Gasteiger partial charge in [0.1, 0.15) is 5.60 Å². The zero-order chi connectivity index (χ0) is 18.4. The Hall–Kier alpha value is -1.59. The van der Waals surface area contributed by atoms with Gasteiger partial charge in [0.05, 0.1) is 12.6 Å². The molecule has 1 aliphatic rings. The number of nitrogens with zero attached hydrogens (tertiary/aromatic N) is 1. The predicted molar refractivity (Wildman–Crippen MR) is 99.5 cm³/mol. The van der Waals surface area contributed by atoms with Crippen LogP contribution in [0.5, 0.6) is 0 Å². The first-order valence-electron chi connectivity index (χ1n) is 9.28. The van der Waals surface area contributed by atoms with Crippen LogP contribution in [0.3, 0.4) is 0 Å². The summed E-state index contributed by atoms with van der Waals surface area (Å²) in [5.74, 6) is 0. The SMILES string of the molecule is CCCC1c2ccc(CNCCO)cc2CCN1C(=O)OC(C)(C)C. The molecule has 0 saturated carbocycles. The average molecular weight is 348 g/mol. The first-order chi connectivity index (χ1) is 11.9. The highest BCUT2D eigenvalue weighted by atomic mass is 16.6. The molecule has 5 nitrogen and oxygen atoms in total. The number of hydrogen-bond donors (Lipinski definition) is 2. The van der Waals surface area contributed by atoms with Crippen LogP contribution in [-0.2, 0) is 17.7 Å². The lowest BCUT2D eigenvalue weighted by atomic mass is 9.89. The van der Waals surface area contributed by atoms with E-state index in [4.69, 9.17) is 9.84 Å². The molecule has 2 N–H and O–H groups in total. The smallest absolute Gasteiger partial charge is 0.410 e. The lowest BCUT2D eigenvalue weighted by Gasteiger charge is -2.38. The van der Waals surface area contributed by atoms with Crippen molar-refractivity contribution in [1.82, 2.24) is 10.2 Å². The van der Waals surface area contributed by atoms with Gasteiger partial charge < -0.3 is 20.1 Å². The fourth-order valence-electron chi connectivity index (χ4n) is 3.31. The quantitative estimate of drug-likeness (QED) is 0.774. The number of nitrogens with one attached hydrogen (secondary N) is 1. The van der Waals surface area contributed by atoms with E-state index in [0.717, 1.165) is 25.8 Å². The van der Waals surface area contributed by atoms with Crippen LogP contribution in [0.4, 0.5) is 4.79 Å². The van der Waals surface area contributed by atoms with Gasteiger partial charge in [-0.1, -0.05) is 31.5 Å². The number of amides is 1. The summed E-state index contributed by atoms with van der Waals surface area (Å²) in [5.41, 5.74) is 3.30. The molecular formula is C20H32N2O3. The van der Waals surface area contributed by atoms with E-state index in [2.05, 4.69) is 30.4 Å². The number of aliphatic hydroxyl groups is 1. The zero-order valence-corrected chi connectivity index (χ0v) is 16.0. The normalized spacial score (nSPS) is 17.3. The topological polar surface area (TPSA) is 61.8 Å². The second kappa shape index (κ2) is 8.68. The highest BCUT2D eigenvalue weighted by Gasteiger charge is 2.33. The number of carbonyl (C=O) groups excluding carboxylic acids is 1. The number of benzene rings is 1. The molecule has 25 heavy (non-hydrogen) atoms. The van der Waals surface area contributed by atoms with E-state index in [0.29, 0.717) is 13.1 Å². The van der Waals surface area contributed by atoms with Crippen LogP contribution < -0.4 is 5.32 Å². The van der Waals surface area contributed by atoms with Crippen molar-refractivity contribution in [2.24, 2.45) is 0 Å². The molecule has 5 heteroatoms. The van der Waals surface area contributed by atoms with E-state index in [1.54, 1.807) is 0 Å². The highest BCUT2D eigenvalue weighted by Crippen LogP contribution is 2.34. The van der Waals surface area contributed by atoms with E-state index in [9.17, 15) is 4.79 Å². The van der Waals surface area contributed by atoms with Crippen molar-refractivity contribution in [3.63, 3.8) is 0 Å². The summed E-state index contributed by atoms with van der Waals surface area (Å²) >= 11 is 0. The van der Waals surface area contributed by atoms with Crippen molar-refractivity contribution < 1.29 is 14.6 Å². The molecule has 2 rings (SSSR count). The molecule has 1 aromatic rings. The lowest BCUT2D eigenvalue weighted by molar-refractivity contribution is 0.0131. The van der Waals surface area contributed by atoms with Gasteiger partial charge in [-0.25, -0.2) is 4.79 Å². The molecule has 1 heterocycles. The fourth-order valence-corrected chi connectivity index (χ4v) is 3.31. The van der Waals surface area contributed by atoms with Crippen LogP contribution in [0.15, 0.2) is 18.2 Å². The third-order valence-corrected chi connectivity index (χ3v) is 4.37. The minimum absolute atomic E-state index is 0.0862. The Balaban J connectivity index is 2.18. The van der Waals surface area contributed by atoms with E-state index >= 15 is 0 Å². The van der Waals surface area contributed by atoms with Gasteiger partial charge in [-0.2, -0.15) is 0 Å². The Morgan fingerprint density at radius 3 is 2.80 bits per heavy atom. The molecule has 0 aromatic heterocycles. The molecule has 1 aliphatic heterocycles. The molecule has 0 radical (unpaired) electrons. The second-order valence-electron chi connectivity index (χ2n) is 7.66.